The van der Waals surface area contributed by atoms with Gasteiger partial charge in [-0.3, -0.25) is 9.69 Å². The lowest BCUT2D eigenvalue weighted by Crippen LogP contribution is -2.38. The molecule has 4 atom stereocenters. The number of ether oxygens (including phenoxy) is 1. The molecule has 1 aliphatic heterocycles. The summed E-state index contributed by atoms with van der Waals surface area (Å²) in [6, 6.07) is 7.16. The third kappa shape index (κ3) is 2.70. The highest BCUT2D eigenvalue weighted by Gasteiger charge is 2.43. The lowest BCUT2D eigenvalue weighted by atomic mass is 10.00. The molecule has 0 aromatic heterocycles. The first-order valence-corrected chi connectivity index (χ1v) is 7.70. The van der Waals surface area contributed by atoms with E-state index in [2.05, 4.69) is 4.90 Å². The zero-order valence-corrected chi connectivity index (χ0v) is 12.7. The van der Waals surface area contributed by atoms with Crippen LogP contribution >= 0.6 is 0 Å². The molecule has 4 unspecified atom stereocenters. The molecule has 1 aromatic rings. The molecule has 21 heavy (non-hydrogen) atoms. The number of benzene rings is 1. The Balaban J connectivity index is 1.67. The zero-order valence-electron chi connectivity index (χ0n) is 12.7. The van der Waals surface area contributed by atoms with Crippen molar-refractivity contribution in [2.24, 2.45) is 11.8 Å². The van der Waals surface area contributed by atoms with Gasteiger partial charge < -0.3 is 9.84 Å². The Labute approximate surface area is 125 Å². The highest BCUT2D eigenvalue weighted by molar-refractivity contribution is 5.99. The highest BCUT2D eigenvalue weighted by atomic mass is 16.5. The Morgan fingerprint density at radius 2 is 2.00 bits per heavy atom. The van der Waals surface area contributed by atoms with Gasteiger partial charge in [0, 0.05) is 24.6 Å². The van der Waals surface area contributed by atoms with Crippen LogP contribution in [-0.2, 0) is 0 Å². The first-order valence-electron chi connectivity index (χ1n) is 7.70. The molecule has 1 aromatic carbocycles. The van der Waals surface area contributed by atoms with Gasteiger partial charge in [0.15, 0.2) is 5.78 Å². The van der Waals surface area contributed by atoms with E-state index in [1.54, 1.807) is 7.11 Å². The van der Waals surface area contributed by atoms with E-state index >= 15 is 0 Å². The first kappa shape index (κ1) is 14.5. The number of Topliss-reactive ketones (excluding diaryl/α,β-unsaturated/α-hetero) is 1. The van der Waals surface area contributed by atoms with Crippen LogP contribution in [0.4, 0.5) is 0 Å². The maximum absolute atomic E-state index is 12.6. The molecule has 4 nitrogen and oxygen atoms in total. The van der Waals surface area contributed by atoms with Crippen LogP contribution < -0.4 is 4.74 Å². The van der Waals surface area contributed by atoms with E-state index in [4.69, 9.17) is 4.74 Å². The summed E-state index contributed by atoms with van der Waals surface area (Å²) in [7, 11) is 1.62. The van der Waals surface area contributed by atoms with Crippen molar-refractivity contribution in [2.45, 2.75) is 31.9 Å². The van der Waals surface area contributed by atoms with Gasteiger partial charge in [-0.15, -0.1) is 0 Å². The minimum Gasteiger partial charge on any atom is -0.497 e. The molecule has 114 valence electrons. The molecule has 0 amide bonds. The van der Waals surface area contributed by atoms with Crippen molar-refractivity contribution < 1.29 is 14.6 Å². The summed E-state index contributed by atoms with van der Waals surface area (Å²) in [5, 5.41) is 9.99. The number of hydrogen-bond donors (Lipinski definition) is 1. The fraction of sp³-hybridized carbons (Fsp3) is 0.588. The number of methoxy groups -OCH3 is 1. The second kappa shape index (κ2) is 5.78. The van der Waals surface area contributed by atoms with Crippen molar-refractivity contribution in [2.75, 3.05) is 20.2 Å². The van der Waals surface area contributed by atoms with Crippen LogP contribution in [-0.4, -0.2) is 48.1 Å². The lowest BCUT2D eigenvalue weighted by Gasteiger charge is -2.24. The number of aliphatic hydroxyl groups excluding tert-OH is 1. The maximum atomic E-state index is 12.6. The molecule has 0 spiro atoms. The van der Waals surface area contributed by atoms with Crippen LogP contribution in [0.5, 0.6) is 5.75 Å². The Morgan fingerprint density at radius 3 is 2.62 bits per heavy atom. The van der Waals surface area contributed by atoms with E-state index in [1.807, 2.05) is 31.2 Å². The molecular weight excluding hydrogens is 266 g/mol. The SMILES string of the molecule is COc1ccc(C(=O)C(C)N2CC3CCC(O)C3C2)cc1. The fourth-order valence-corrected chi connectivity index (χ4v) is 3.75. The number of carbonyl (C=O) groups is 1. The molecule has 2 fully saturated rings. The number of carbonyl (C=O) groups excluding carboxylic acids is 1. The molecule has 3 rings (SSSR count). The van der Waals surface area contributed by atoms with E-state index in [0.29, 0.717) is 11.8 Å². The van der Waals surface area contributed by atoms with E-state index in [9.17, 15) is 9.90 Å². The third-order valence-electron chi connectivity index (χ3n) is 5.15. The number of ketones is 1. The summed E-state index contributed by atoms with van der Waals surface area (Å²) < 4.78 is 5.12. The summed E-state index contributed by atoms with van der Waals surface area (Å²) >= 11 is 0. The van der Waals surface area contributed by atoms with Crippen LogP contribution in [0.3, 0.4) is 0 Å². The number of aliphatic hydroxyl groups is 1. The average molecular weight is 289 g/mol. The van der Waals surface area contributed by atoms with Crippen molar-refractivity contribution in [1.29, 1.82) is 0 Å². The van der Waals surface area contributed by atoms with Crippen LogP contribution in [0.15, 0.2) is 24.3 Å². The third-order valence-corrected chi connectivity index (χ3v) is 5.15. The van der Waals surface area contributed by atoms with Crippen molar-refractivity contribution >= 4 is 5.78 Å². The number of fused-ring (bicyclic) bond motifs is 1. The summed E-state index contributed by atoms with van der Waals surface area (Å²) in [6.07, 6.45) is 1.83. The predicted molar refractivity (Wildman–Crippen MR) is 80.6 cm³/mol. The second-order valence-corrected chi connectivity index (χ2v) is 6.29. The Morgan fingerprint density at radius 1 is 1.29 bits per heavy atom. The number of nitrogens with zero attached hydrogens (tertiary/aromatic N) is 1. The molecule has 1 heterocycles. The summed E-state index contributed by atoms with van der Waals surface area (Å²) in [4.78, 5) is 14.8. The van der Waals surface area contributed by atoms with Crippen LogP contribution in [0.1, 0.15) is 30.1 Å². The Hall–Kier alpha value is -1.39. The minimum atomic E-state index is -0.178. The molecule has 4 heteroatoms. The normalized spacial score (nSPS) is 30.1. The van der Waals surface area contributed by atoms with Gasteiger partial charge in [-0.25, -0.2) is 0 Å². The molecule has 0 radical (unpaired) electrons. The van der Waals surface area contributed by atoms with Gasteiger partial charge in [-0.05, 0) is 49.9 Å². The molecule has 0 bridgehead atoms. The molecule has 1 saturated carbocycles. The van der Waals surface area contributed by atoms with Gasteiger partial charge in [0.25, 0.3) is 0 Å². The molecule has 1 saturated heterocycles. The fourth-order valence-electron chi connectivity index (χ4n) is 3.75. The number of hydrogen-bond acceptors (Lipinski definition) is 4. The van der Waals surface area contributed by atoms with Crippen LogP contribution in [0.2, 0.25) is 0 Å². The monoisotopic (exact) mass is 289 g/mol. The molecule has 1 aliphatic carbocycles. The standard InChI is InChI=1S/C17H23NO3/c1-11(17(20)12-3-6-14(21-2)7-4-12)18-9-13-5-8-16(19)15(13)10-18/h3-4,6-7,11,13,15-16,19H,5,8-10H2,1-2H3. The van der Waals surface area contributed by atoms with Crippen molar-refractivity contribution in [3.05, 3.63) is 29.8 Å². The summed E-state index contributed by atoms with van der Waals surface area (Å²) in [6.45, 7) is 3.75. The first-order chi connectivity index (χ1) is 10.1. The van der Waals surface area contributed by atoms with E-state index in [0.717, 1.165) is 37.2 Å². The second-order valence-electron chi connectivity index (χ2n) is 6.29. The lowest BCUT2D eigenvalue weighted by molar-refractivity contribution is 0.0826. The van der Waals surface area contributed by atoms with Crippen molar-refractivity contribution in [3.63, 3.8) is 0 Å². The van der Waals surface area contributed by atoms with Gasteiger partial charge in [0.05, 0.1) is 19.3 Å². The van der Waals surface area contributed by atoms with Gasteiger partial charge in [0.1, 0.15) is 5.75 Å². The van der Waals surface area contributed by atoms with Gasteiger partial charge in [-0.1, -0.05) is 0 Å². The molecular formula is C17H23NO3. The maximum Gasteiger partial charge on any atom is 0.179 e. The minimum absolute atomic E-state index is 0.129. The summed E-state index contributed by atoms with van der Waals surface area (Å²) in [5.74, 6) is 1.83. The van der Waals surface area contributed by atoms with Crippen molar-refractivity contribution in [1.82, 2.24) is 4.90 Å². The van der Waals surface area contributed by atoms with Crippen molar-refractivity contribution in [3.8, 4) is 5.75 Å². The van der Waals surface area contributed by atoms with E-state index in [-0.39, 0.29) is 17.9 Å². The summed E-state index contributed by atoms with van der Waals surface area (Å²) in [5.41, 5.74) is 0.723. The van der Waals surface area contributed by atoms with Gasteiger partial charge in [-0.2, -0.15) is 0 Å². The smallest absolute Gasteiger partial charge is 0.179 e. The topological polar surface area (TPSA) is 49.8 Å². The predicted octanol–water partition coefficient (Wildman–Crippen LogP) is 1.97. The van der Waals surface area contributed by atoms with Crippen LogP contribution in [0.25, 0.3) is 0 Å². The molecule has 1 N–H and O–H groups in total. The zero-order chi connectivity index (χ0) is 15.0. The van der Waals surface area contributed by atoms with Gasteiger partial charge >= 0.3 is 0 Å². The number of rotatable bonds is 4. The van der Waals surface area contributed by atoms with E-state index < -0.39 is 0 Å². The highest BCUT2D eigenvalue weighted by Crippen LogP contribution is 2.39. The number of likely N-dealkylation sites (tertiary alicyclic amines) is 1. The Kier molecular flexibility index (Phi) is 4.00. The van der Waals surface area contributed by atoms with E-state index in [1.165, 1.54) is 0 Å². The Bertz CT molecular complexity index is 513. The molecule has 2 aliphatic rings. The van der Waals surface area contributed by atoms with Crippen LogP contribution in [0, 0.1) is 11.8 Å². The van der Waals surface area contributed by atoms with Gasteiger partial charge in [0.2, 0.25) is 0 Å². The average Bonchev–Trinajstić information content (AvgIpc) is 3.08. The quantitative estimate of drug-likeness (QED) is 0.861. The largest absolute Gasteiger partial charge is 0.497 e.